The Morgan fingerprint density at radius 3 is 2.04 bits per heavy atom. The van der Waals surface area contributed by atoms with Crippen molar-refractivity contribution in [2.45, 2.75) is 0 Å². The topological polar surface area (TPSA) is 81.7 Å². The van der Waals surface area contributed by atoms with Gasteiger partial charge in [0.2, 0.25) is 34.8 Å². The Labute approximate surface area is 157 Å². The van der Waals surface area contributed by atoms with Crippen molar-refractivity contribution in [3.63, 3.8) is 0 Å². The van der Waals surface area contributed by atoms with Crippen LogP contribution >= 0.6 is 15.9 Å². The van der Waals surface area contributed by atoms with Crippen LogP contribution in [0.2, 0.25) is 0 Å². The normalized spacial score (nSPS) is 11.2. The molecule has 6 nitrogen and oxygen atoms in total. The van der Waals surface area contributed by atoms with Gasteiger partial charge in [0, 0.05) is 4.47 Å². The summed E-state index contributed by atoms with van der Waals surface area (Å²) in [6, 6.07) is 3.97. The molecule has 2 aromatic rings. The summed E-state index contributed by atoms with van der Waals surface area (Å²) in [7, 11) is -4.29. The third-order valence-electron chi connectivity index (χ3n) is 2.99. The Morgan fingerprint density at radius 1 is 1.00 bits per heavy atom. The molecule has 146 valence electrons. The molecule has 0 bridgehead atoms. The summed E-state index contributed by atoms with van der Waals surface area (Å²) in [5.74, 6) is -14.6. The minimum absolute atomic E-state index is 0.00385. The molecule has 0 atom stereocenters. The molecule has 0 heterocycles. The molecule has 13 heteroatoms. The van der Waals surface area contributed by atoms with E-state index in [-0.39, 0.29) is 11.4 Å². The molecule has 0 unspecified atom stereocenters. The van der Waals surface area contributed by atoms with Crippen LogP contribution in [0.15, 0.2) is 22.7 Å². The van der Waals surface area contributed by atoms with Gasteiger partial charge in [0.15, 0.2) is 0 Å². The zero-order chi connectivity index (χ0) is 20.5. The minimum Gasteiger partial charge on any atom is -0.495 e. The van der Waals surface area contributed by atoms with Gasteiger partial charge < -0.3 is 14.2 Å². The summed E-state index contributed by atoms with van der Waals surface area (Å²) in [5.41, 5.74) is -0.171. The van der Waals surface area contributed by atoms with E-state index in [9.17, 15) is 35.2 Å². The number of halogens is 6. The first-order valence-electron chi connectivity index (χ1n) is 6.60. The molecule has 1 amide bonds. The van der Waals surface area contributed by atoms with Gasteiger partial charge in [0.1, 0.15) is 5.75 Å². The van der Waals surface area contributed by atoms with Gasteiger partial charge in [-0.1, -0.05) is 15.9 Å². The molecule has 27 heavy (non-hydrogen) atoms. The van der Waals surface area contributed by atoms with Crippen molar-refractivity contribution >= 4 is 37.0 Å². The van der Waals surface area contributed by atoms with Gasteiger partial charge >= 0.3 is 15.4 Å². The van der Waals surface area contributed by atoms with Crippen molar-refractivity contribution < 1.29 is 44.1 Å². The molecule has 1 N–H and O–H groups in total. The van der Waals surface area contributed by atoms with E-state index in [0.717, 1.165) is 0 Å². The van der Waals surface area contributed by atoms with E-state index < -0.39 is 50.2 Å². The van der Waals surface area contributed by atoms with Crippen LogP contribution < -0.4 is 14.2 Å². The van der Waals surface area contributed by atoms with Gasteiger partial charge in [-0.2, -0.15) is 17.2 Å². The van der Waals surface area contributed by atoms with Gasteiger partial charge in [0.05, 0.1) is 12.8 Å². The maximum absolute atomic E-state index is 13.5. The number of hydrogen-bond acceptors (Lipinski definition) is 5. The van der Waals surface area contributed by atoms with Crippen molar-refractivity contribution in [2.24, 2.45) is 0 Å². The average Bonchev–Trinajstić information content (AvgIpc) is 2.63. The summed E-state index contributed by atoms with van der Waals surface area (Å²) in [6.07, 6.45) is 0. The molecule has 0 aromatic heterocycles. The molecule has 2 rings (SSSR count). The Balaban J connectivity index is 2.37. The lowest BCUT2D eigenvalue weighted by atomic mass is 10.3. The number of carbonyl (C=O) groups is 1. The molecule has 0 saturated heterocycles. The maximum Gasteiger partial charge on any atom is 0.395 e. The predicted octanol–water partition coefficient (Wildman–Crippen LogP) is 4.09. The maximum atomic E-state index is 13.5. The molecule has 0 aliphatic heterocycles. The highest BCUT2D eigenvalue weighted by Crippen LogP contribution is 2.31. The van der Waals surface area contributed by atoms with E-state index in [1.165, 1.54) is 25.3 Å². The largest absolute Gasteiger partial charge is 0.495 e. The van der Waals surface area contributed by atoms with Crippen LogP contribution in [0.5, 0.6) is 11.5 Å². The highest BCUT2D eigenvalue weighted by molar-refractivity contribution is 9.10. The third kappa shape index (κ3) is 4.13. The summed E-state index contributed by atoms with van der Waals surface area (Å²) in [5, 5.41) is -0.113. The molecule has 0 spiro atoms. The summed E-state index contributed by atoms with van der Waals surface area (Å²) >= 11 is 3.10. The van der Waals surface area contributed by atoms with Gasteiger partial charge in [0.25, 0.3) is 0 Å². The number of hydrogen-bond donors (Lipinski definition) is 1. The Hall–Kier alpha value is -2.41. The molecule has 0 aliphatic carbocycles. The summed E-state index contributed by atoms with van der Waals surface area (Å²) < 4.78 is 99.1. The molecule has 0 aliphatic rings. The lowest BCUT2D eigenvalue weighted by molar-refractivity contribution is 0.264. The smallest absolute Gasteiger partial charge is 0.395 e. The van der Waals surface area contributed by atoms with E-state index in [2.05, 4.69) is 20.1 Å². The molecular formula is C14H7BrF5NO5S. The lowest BCUT2D eigenvalue weighted by Crippen LogP contribution is -2.27. The molecule has 0 fully saturated rings. The van der Waals surface area contributed by atoms with Crippen molar-refractivity contribution in [1.82, 2.24) is 0 Å². The van der Waals surface area contributed by atoms with Gasteiger partial charge in [-0.05, 0) is 18.2 Å². The Bertz CT molecular complexity index is 1000. The second-order valence-corrected chi connectivity index (χ2v) is 7.05. The predicted molar refractivity (Wildman–Crippen MR) is 85.5 cm³/mol. The second-order valence-electron chi connectivity index (χ2n) is 4.69. The van der Waals surface area contributed by atoms with Crippen LogP contribution in [0.25, 0.3) is 0 Å². The standard InChI is InChI=1S/C14H7BrF5NO5S/c1-25-7-4-5(15)2-3-6(7)21-14(22)27(23,24)26-13-11(19)9(17)8(16)10(18)12(13)20/h2-4H,1H3,(H,21,22). The van der Waals surface area contributed by atoms with Crippen LogP contribution in [0.1, 0.15) is 0 Å². The fraction of sp³-hybridized carbons (Fsp3) is 0.0714. The first-order valence-corrected chi connectivity index (χ1v) is 8.80. The number of amides is 1. The number of methoxy groups -OCH3 is 1. The van der Waals surface area contributed by atoms with Gasteiger partial charge in [-0.15, -0.1) is 0 Å². The van der Waals surface area contributed by atoms with Gasteiger partial charge in [-0.25, -0.2) is 13.2 Å². The molecule has 0 radical (unpaired) electrons. The fourth-order valence-corrected chi connectivity index (χ4v) is 2.76. The fourth-order valence-electron chi connectivity index (χ4n) is 1.75. The number of rotatable bonds is 4. The average molecular weight is 476 g/mol. The van der Waals surface area contributed by atoms with E-state index in [1.54, 1.807) is 0 Å². The van der Waals surface area contributed by atoms with E-state index in [0.29, 0.717) is 4.47 Å². The van der Waals surface area contributed by atoms with E-state index in [4.69, 9.17) is 4.74 Å². The summed E-state index contributed by atoms with van der Waals surface area (Å²) in [4.78, 5) is 11.9. The highest BCUT2D eigenvalue weighted by Gasteiger charge is 2.33. The zero-order valence-electron chi connectivity index (χ0n) is 12.9. The molecular weight excluding hydrogens is 469 g/mol. The van der Waals surface area contributed by atoms with Crippen LogP contribution in [0.4, 0.5) is 32.4 Å². The zero-order valence-corrected chi connectivity index (χ0v) is 15.4. The van der Waals surface area contributed by atoms with Crippen LogP contribution in [0, 0.1) is 29.1 Å². The minimum atomic E-state index is -5.49. The van der Waals surface area contributed by atoms with Crippen LogP contribution in [-0.2, 0) is 10.1 Å². The first-order chi connectivity index (χ1) is 12.5. The quantitative estimate of drug-likeness (QED) is 0.311. The monoisotopic (exact) mass is 475 g/mol. The van der Waals surface area contributed by atoms with E-state index >= 15 is 0 Å². The summed E-state index contributed by atoms with van der Waals surface area (Å²) in [6.45, 7) is 0. The number of anilines is 1. The lowest BCUT2D eigenvalue weighted by Gasteiger charge is -2.12. The number of ether oxygens (including phenoxy) is 1. The van der Waals surface area contributed by atoms with Crippen molar-refractivity contribution in [1.29, 1.82) is 0 Å². The first kappa shape index (κ1) is 20.9. The molecule has 2 aromatic carbocycles. The SMILES string of the molecule is COc1cc(Br)ccc1NC(=O)S(=O)(=O)Oc1c(F)c(F)c(F)c(F)c1F. The number of carbonyl (C=O) groups excluding carboxylic acids is 1. The highest BCUT2D eigenvalue weighted by atomic mass is 79.9. The van der Waals surface area contributed by atoms with Crippen LogP contribution in [0.3, 0.4) is 0 Å². The molecule has 0 saturated carbocycles. The number of nitrogens with one attached hydrogen (secondary N) is 1. The Kier molecular flexibility index (Phi) is 5.94. The third-order valence-corrected chi connectivity index (χ3v) is 4.43. The van der Waals surface area contributed by atoms with E-state index in [1.807, 2.05) is 5.32 Å². The van der Waals surface area contributed by atoms with Crippen molar-refractivity contribution in [2.75, 3.05) is 12.4 Å². The Morgan fingerprint density at radius 2 is 1.52 bits per heavy atom. The number of benzene rings is 2. The van der Waals surface area contributed by atoms with Crippen molar-refractivity contribution in [3.05, 3.63) is 51.8 Å². The van der Waals surface area contributed by atoms with Gasteiger partial charge in [-0.3, -0.25) is 4.79 Å². The second kappa shape index (κ2) is 7.68. The van der Waals surface area contributed by atoms with Crippen LogP contribution in [-0.4, -0.2) is 20.8 Å². The van der Waals surface area contributed by atoms with Crippen molar-refractivity contribution in [3.8, 4) is 11.5 Å².